The number of halogens is 4. The predicted molar refractivity (Wildman–Crippen MR) is 82.5 cm³/mol. The van der Waals surface area contributed by atoms with E-state index >= 15 is 0 Å². The summed E-state index contributed by atoms with van der Waals surface area (Å²) in [5.74, 6) is -3.87. The predicted octanol–water partition coefficient (Wildman–Crippen LogP) is 1.79. The summed E-state index contributed by atoms with van der Waals surface area (Å²) in [6.45, 7) is 1.95. The maximum Gasteiger partial charge on any atom is 0.425 e. The zero-order chi connectivity index (χ0) is 20.7. The number of rotatable bonds is 5. The number of hydrogen-bond acceptors (Lipinski definition) is 5. The molecule has 0 amide bonds. The second-order valence-electron chi connectivity index (χ2n) is 5.69. The molecule has 1 aromatic carbocycles. The number of aliphatic hydroxyl groups excluding tert-OH is 1. The Balaban J connectivity index is 2.66. The summed E-state index contributed by atoms with van der Waals surface area (Å²) in [5.41, 5.74) is -2.38. The Morgan fingerprint density at radius 1 is 1.30 bits per heavy atom. The highest BCUT2D eigenvalue weighted by Gasteiger charge is 2.39. The second-order valence-corrected chi connectivity index (χ2v) is 5.69. The number of ether oxygens (including phenoxy) is 1. The van der Waals surface area contributed by atoms with Gasteiger partial charge in [0.15, 0.2) is 11.9 Å². The summed E-state index contributed by atoms with van der Waals surface area (Å²) in [7, 11) is 1.25. The van der Waals surface area contributed by atoms with Crippen LogP contribution in [-0.4, -0.2) is 42.8 Å². The molecule has 2 rings (SSSR count). The fourth-order valence-corrected chi connectivity index (χ4v) is 2.20. The van der Waals surface area contributed by atoms with Crippen molar-refractivity contribution < 1.29 is 37.3 Å². The topological polar surface area (TPSA) is 107 Å². The van der Waals surface area contributed by atoms with Crippen molar-refractivity contribution in [2.45, 2.75) is 32.2 Å². The van der Waals surface area contributed by atoms with Crippen molar-refractivity contribution in [3.05, 3.63) is 39.8 Å². The van der Waals surface area contributed by atoms with E-state index in [1.165, 1.54) is 14.0 Å². The molecule has 2 atom stereocenters. The second kappa shape index (κ2) is 7.02. The number of carboxylic acid groups (broad SMARTS) is 1. The van der Waals surface area contributed by atoms with E-state index in [1.54, 1.807) is 0 Å². The van der Waals surface area contributed by atoms with Gasteiger partial charge in [-0.2, -0.15) is 17.9 Å². The van der Waals surface area contributed by atoms with Crippen molar-refractivity contribution in [3.8, 4) is 11.4 Å². The van der Waals surface area contributed by atoms with Crippen LogP contribution >= 0.6 is 0 Å². The van der Waals surface area contributed by atoms with Crippen LogP contribution in [0.4, 0.5) is 17.6 Å². The van der Waals surface area contributed by atoms with Crippen LogP contribution in [0.3, 0.4) is 0 Å². The Hall–Kier alpha value is -2.89. The first-order valence-corrected chi connectivity index (χ1v) is 7.49. The van der Waals surface area contributed by atoms with Crippen molar-refractivity contribution >= 4 is 5.97 Å². The monoisotopic (exact) mass is 393 g/mol. The molecule has 8 nitrogen and oxygen atoms in total. The van der Waals surface area contributed by atoms with Gasteiger partial charge >= 0.3 is 17.8 Å². The fraction of sp³-hybridized carbons (Fsp3) is 0.400. The zero-order valence-corrected chi connectivity index (χ0v) is 14.3. The van der Waals surface area contributed by atoms with Crippen LogP contribution in [0.5, 0.6) is 5.75 Å². The van der Waals surface area contributed by atoms with E-state index in [-0.39, 0.29) is 5.82 Å². The highest BCUT2D eigenvalue weighted by molar-refractivity contribution is 5.91. The molecule has 0 bridgehead atoms. The normalized spacial score (nSPS) is 14.1. The van der Waals surface area contributed by atoms with Crippen LogP contribution in [0, 0.1) is 5.82 Å². The number of benzene rings is 1. The lowest BCUT2D eigenvalue weighted by molar-refractivity contribution is -0.189. The molecular weight excluding hydrogens is 378 g/mol. The summed E-state index contributed by atoms with van der Waals surface area (Å²) in [4.78, 5) is 23.4. The maximum atomic E-state index is 14.4. The fourth-order valence-electron chi connectivity index (χ4n) is 2.20. The van der Waals surface area contributed by atoms with E-state index in [0.29, 0.717) is 23.7 Å². The van der Waals surface area contributed by atoms with Crippen molar-refractivity contribution in [3.63, 3.8) is 0 Å². The summed E-state index contributed by atoms with van der Waals surface area (Å²) in [6.07, 6.45) is -8.38. The molecule has 148 valence electrons. The van der Waals surface area contributed by atoms with E-state index < -0.39 is 52.9 Å². The van der Waals surface area contributed by atoms with Gasteiger partial charge < -0.3 is 14.9 Å². The Labute approximate surface area is 149 Å². The largest absolute Gasteiger partial charge is 0.480 e. The van der Waals surface area contributed by atoms with Gasteiger partial charge in [-0.15, -0.1) is 5.10 Å². The molecule has 0 aliphatic carbocycles. The minimum Gasteiger partial charge on any atom is -0.480 e. The molecule has 0 saturated carbocycles. The zero-order valence-electron chi connectivity index (χ0n) is 14.3. The Morgan fingerprint density at radius 3 is 2.33 bits per heavy atom. The van der Waals surface area contributed by atoms with Gasteiger partial charge in [0.2, 0.25) is 0 Å². The summed E-state index contributed by atoms with van der Waals surface area (Å²) in [6, 6.07) is 1.07. The number of aliphatic hydroxyl groups is 1. The van der Waals surface area contributed by atoms with Gasteiger partial charge in [-0.25, -0.2) is 14.0 Å². The summed E-state index contributed by atoms with van der Waals surface area (Å²) < 4.78 is 58.6. The molecule has 0 spiro atoms. The minimum absolute atomic E-state index is 0.132. The van der Waals surface area contributed by atoms with E-state index in [2.05, 4.69) is 9.84 Å². The minimum atomic E-state index is -4.80. The van der Waals surface area contributed by atoms with Gasteiger partial charge in [0.05, 0.1) is 0 Å². The van der Waals surface area contributed by atoms with Crippen LogP contribution in [-0.2, 0) is 7.05 Å². The highest BCUT2D eigenvalue weighted by Crippen LogP contribution is 2.30. The third kappa shape index (κ3) is 3.94. The molecule has 27 heavy (non-hydrogen) atoms. The number of alkyl halides is 3. The smallest absolute Gasteiger partial charge is 0.425 e. The van der Waals surface area contributed by atoms with E-state index in [1.807, 2.05) is 0 Å². The SMILES string of the molecule is CC(O)c1nn(-c2cc(OC(C)C(F)(F)F)c(C(=O)O)cc2F)c(=O)n1C. The highest BCUT2D eigenvalue weighted by atomic mass is 19.4. The van der Waals surface area contributed by atoms with E-state index in [4.69, 9.17) is 5.11 Å². The first kappa shape index (κ1) is 20.4. The van der Waals surface area contributed by atoms with E-state index in [0.717, 1.165) is 4.57 Å². The lowest BCUT2D eigenvalue weighted by atomic mass is 10.1. The van der Waals surface area contributed by atoms with Crippen LogP contribution in [0.25, 0.3) is 5.69 Å². The Bertz CT molecular complexity index is 933. The number of carboxylic acids is 1. The average molecular weight is 393 g/mol. The van der Waals surface area contributed by atoms with Gasteiger partial charge in [-0.3, -0.25) is 4.57 Å². The Kier molecular flexibility index (Phi) is 5.31. The lowest BCUT2D eigenvalue weighted by Crippen LogP contribution is -2.32. The quantitative estimate of drug-likeness (QED) is 0.751. The summed E-state index contributed by atoms with van der Waals surface area (Å²) in [5, 5.41) is 22.4. The van der Waals surface area contributed by atoms with Gasteiger partial charge in [-0.05, 0) is 19.9 Å². The molecule has 2 N–H and O–H groups in total. The third-order valence-corrected chi connectivity index (χ3v) is 3.66. The number of nitrogens with zero attached hydrogens (tertiary/aromatic N) is 3. The van der Waals surface area contributed by atoms with Crippen LogP contribution in [0.15, 0.2) is 16.9 Å². The van der Waals surface area contributed by atoms with Gasteiger partial charge in [-0.1, -0.05) is 0 Å². The molecule has 0 aliphatic heterocycles. The number of aromatic carboxylic acids is 1. The number of carbonyl (C=O) groups is 1. The Morgan fingerprint density at radius 2 is 1.89 bits per heavy atom. The van der Waals surface area contributed by atoms with Crippen LogP contribution in [0.1, 0.15) is 36.1 Å². The van der Waals surface area contributed by atoms with Crippen LogP contribution in [0.2, 0.25) is 0 Å². The molecule has 1 heterocycles. The molecule has 2 unspecified atom stereocenters. The van der Waals surface area contributed by atoms with Gasteiger partial charge in [0, 0.05) is 13.1 Å². The first-order chi connectivity index (χ1) is 12.3. The summed E-state index contributed by atoms with van der Waals surface area (Å²) >= 11 is 0. The molecule has 1 aromatic heterocycles. The van der Waals surface area contributed by atoms with Crippen LogP contribution < -0.4 is 10.4 Å². The first-order valence-electron chi connectivity index (χ1n) is 7.49. The van der Waals surface area contributed by atoms with Crippen molar-refractivity contribution in [2.24, 2.45) is 7.05 Å². The average Bonchev–Trinajstić information content (AvgIpc) is 2.83. The molecule has 0 fully saturated rings. The van der Waals surface area contributed by atoms with Crippen molar-refractivity contribution in [1.29, 1.82) is 0 Å². The molecule has 2 aromatic rings. The molecule has 12 heteroatoms. The standard InChI is InChI=1S/C15H15F4N3O5/c1-6(23)12-20-22(14(26)21(12)3)10-5-11(27-7(2)15(17,18)19)8(13(24)25)4-9(10)16/h4-7,23H,1-3H3,(H,24,25). The number of aromatic nitrogens is 3. The number of hydrogen-bond donors (Lipinski definition) is 2. The third-order valence-electron chi connectivity index (χ3n) is 3.66. The molecular formula is C15H15F4N3O5. The van der Waals surface area contributed by atoms with E-state index in [9.17, 15) is 32.3 Å². The molecule has 0 saturated heterocycles. The molecule has 0 aliphatic rings. The van der Waals surface area contributed by atoms with Gasteiger partial charge in [0.1, 0.15) is 28.9 Å². The lowest BCUT2D eigenvalue weighted by Gasteiger charge is -2.19. The van der Waals surface area contributed by atoms with Crippen molar-refractivity contribution in [1.82, 2.24) is 14.3 Å². The maximum absolute atomic E-state index is 14.4. The molecule has 0 radical (unpaired) electrons. The van der Waals surface area contributed by atoms with Gasteiger partial charge in [0.25, 0.3) is 0 Å². The van der Waals surface area contributed by atoms with Crippen molar-refractivity contribution in [2.75, 3.05) is 0 Å².